The van der Waals surface area contributed by atoms with E-state index in [4.69, 9.17) is 11.0 Å². The molecular formula is C7H5N5. The van der Waals surface area contributed by atoms with Crippen LogP contribution >= 0.6 is 0 Å². The molecule has 2 aromatic rings. The molecule has 0 atom stereocenters. The lowest BCUT2D eigenvalue weighted by molar-refractivity contribution is 0.935. The molecule has 2 rings (SSSR count). The molecular weight excluding hydrogens is 154 g/mol. The lowest BCUT2D eigenvalue weighted by Gasteiger charge is -1.91. The average Bonchev–Trinajstić information content (AvgIpc) is 2.47. The van der Waals surface area contributed by atoms with Crippen molar-refractivity contribution in [3.05, 3.63) is 24.2 Å². The highest BCUT2D eigenvalue weighted by atomic mass is 15.2. The third-order valence-electron chi connectivity index (χ3n) is 1.51. The first-order valence-electron chi connectivity index (χ1n) is 3.30. The zero-order valence-electron chi connectivity index (χ0n) is 6.10. The van der Waals surface area contributed by atoms with Gasteiger partial charge in [-0.2, -0.15) is 10.4 Å². The molecule has 5 nitrogen and oxygen atoms in total. The molecule has 0 unspecified atom stereocenters. The quantitative estimate of drug-likeness (QED) is 0.594. The molecule has 2 heterocycles. The number of fused-ring (bicyclic) bond motifs is 1. The summed E-state index contributed by atoms with van der Waals surface area (Å²) in [7, 11) is 0. The van der Waals surface area contributed by atoms with Gasteiger partial charge in [0.1, 0.15) is 6.07 Å². The number of anilines is 1. The van der Waals surface area contributed by atoms with Gasteiger partial charge in [0, 0.05) is 6.20 Å². The van der Waals surface area contributed by atoms with Crippen molar-refractivity contribution < 1.29 is 0 Å². The van der Waals surface area contributed by atoms with Crippen molar-refractivity contribution in [1.82, 2.24) is 14.6 Å². The van der Waals surface area contributed by atoms with E-state index in [9.17, 15) is 0 Å². The fraction of sp³-hybridized carbons (Fsp3) is 0. The molecule has 0 aliphatic carbocycles. The Morgan fingerprint density at radius 3 is 3.08 bits per heavy atom. The van der Waals surface area contributed by atoms with E-state index in [2.05, 4.69) is 10.1 Å². The Bertz CT molecular complexity index is 464. The number of nitrogens with zero attached hydrogens (tertiary/aromatic N) is 4. The summed E-state index contributed by atoms with van der Waals surface area (Å²) in [5.74, 6) is 0. The van der Waals surface area contributed by atoms with Crippen LogP contribution in [0.3, 0.4) is 0 Å². The van der Waals surface area contributed by atoms with Gasteiger partial charge in [-0.15, -0.1) is 0 Å². The maximum absolute atomic E-state index is 8.54. The first-order valence-corrected chi connectivity index (χ1v) is 3.30. The minimum Gasteiger partial charge on any atom is -0.394 e. The van der Waals surface area contributed by atoms with Crippen molar-refractivity contribution in [2.45, 2.75) is 0 Å². The van der Waals surface area contributed by atoms with Gasteiger partial charge in [0.15, 0.2) is 5.65 Å². The third kappa shape index (κ3) is 0.787. The van der Waals surface area contributed by atoms with E-state index in [0.29, 0.717) is 16.9 Å². The highest BCUT2D eigenvalue weighted by Gasteiger charge is 2.01. The zero-order valence-corrected chi connectivity index (χ0v) is 6.10. The molecule has 0 saturated heterocycles. The second-order valence-corrected chi connectivity index (χ2v) is 2.32. The van der Waals surface area contributed by atoms with Crippen molar-refractivity contribution in [1.29, 1.82) is 5.26 Å². The van der Waals surface area contributed by atoms with Crippen LogP contribution in [-0.2, 0) is 0 Å². The van der Waals surface area contributed by atoms with E-state index >= 15 is 0 Å². The largest absolute Gasteiger partial charge is 0.394 e. The molecule has 0 fully saturated rings. The fourth-order valence-corrected chi connectivity index (χ4v) is 0.951. The van der Waals surface area contributed by atoms with Crippen LogP contribution in [0.2, 0.25) is 0 Å². The second kappa shape index (κ2) is 2.20. The summed E-state index contributed by atoms with van der Waals surface area (Å²) in [6.45, 7) is 0. The fourth-order valence-electron chi connectivity index (χ4n) is 0.951. The third-order valence-corrected chi connectivity index (χ3v) is 1.51. The summed E-state index contributed by atoms with van der Waals surface area (Å²) in [6, 6.07) is 1.96. The van der Waals surface area contributed by atoms with Crippen molar-refractivity contribution in [2.24, 2.45) is 0 Å². The number of nitrogens with two attached hydrogens (primary N) is 1. The highest BCUT2D eigenvalue weighted by Crippen LogP contribution is 2.08. The van der Waals surface area contributed by atoms with E-state index in [1.165, 1.54) is 16.9 Å². The van der Waals surface area contributed by atoms with Gasteiger partial charge >= 0.3 is 0 Å². The van der Waals surface area contributed by atoms with Crippen molar-refractivity contribution >= 4 is 11.3 Å². The zero-order chi connectivity index (χ0) is 8.55. The summed E-state index contributed by atoms with van der Waals surface area (Å²) in [5, 5.41) is 12.4. The number of hydrogen-bond donors (Lipinski definition) is 1. The molecule has 2 N–H and O–H groups in total. The van der Waals surface area contributed by atoms with Crippen molar-refractivity contribution in [2.75, 3.05) is 5.73 Å². The van der Waals surface area contributed by atoms with E-state index in [1.807, 2.05) is 6.07 Å². The van der Waals surface area contributed by atoms with Crippen LogP contribution in [0.25, 0.3) is 5.65 Å². The number of hydrogen-bond acceptors (Lipinski definition) is 4. The summed E-state index contributed by atoms with van der Waals surface area (Å²) in [4.78, 5) is 3.96. The Kier molecular flexibility index (Phi) is 1.21. The first kappa shape index (κ1) is 6.61. The predicted octanol–water partition coefficient (Wildman–Crippen LogP) is 0.183. The van der Waals surface area contributed by atoms with Crippen LogP contribution in [0.15, 0.2) is 18.6 Å². The number of nitriles is 1. The Morgan fingerprint density at radius 2 is 2.33 bits per heavy atom. The lowest BCUT2D eigenvalue weighted by atomic mass is 10.4. The monoisotopic (exact) mass is 159 g/mol. The minimum absolute atomic E-state index is 0.464. The topological polar surface area (TPSA) is 80.0 Å². The standard InChI is InChI=1S/C7H5N5/c8-1-5-2-10-7-6(9)3-11-12(7)4-5/h2-4H,9H2. The van der Waals surface area contributed by atoms with Crippen molar-refractivity contribution in [3.63, 3.8) is 0 Å². The molecule has 0 spiro atoms. The van der Waals surface area contributed by atoms with Crippen molar-refractivity contribution in [3.8, 4) is 6.07 Å². The normalized spacial score (nSPS) is 9.92. The maximum Gasteiger partial charge on any atom is 0.178 e. The highest BCUT2D eigenvalue weighted by molar-refractivity contribution is 5.63. The van der Waals surface area contributed by atoms with Crippen LogP contribution in [0.5, 0.6) is 0 Å². The summed E-state index contributed by atoms with van der Waals surface area (Å²) < 4.78 is 1.48. The van der Waals surface area contributed by atoms with Crippen LogP contribution in [0.4, 0.5) is 5.69 Å². The summed E-state index contributed by atoms with van der Waals surface area (Å²) in [5.41, 5.74) is 7.09. The van der Waals surface area contributed by atoms with Crippen LogP contribution in [0.1, 0.15) is 5.56 Å². The Hall–Kier alpha value is -2.09. The van der Waals surface area contributed by atoms with Gasteiger partial charge in [-0.25, -0.2) is 9.50 Å². The van der Waals surface area contributed by atoms with E-state index in [-0.39, 0.29) is 0 Å². The molecule has 0 amide bonds. The molecule has 2 aromatic heterocycles. The minimum atomic E-state index is 0.464. The molecule has 12 heavy (non-hydrogen) atoms. The predicted molar refractivity (Wildman–Crippen MR) is 42.1 cm³/mol. The average molecular weight is 159 g/mol. The van der Waals surface area contributed by atoms with E-state index in [0.717, 1.165) is 0 Å². The van der Waals surface area contributed by atoms with Gasteiger partial charge in [-0.3, -0.25) is 0 Å². The molecule has 0 bridgehead atoms. The smallest absolute Gasteiger partial charge is 0.178 e. The Labute approximate surface area is 68.1 Å². The van der Waals surface area contributed by atoms with Gasteiger partial charge in [0.2, 0.25) is 0 Å². The van der Waals surface area contributed by atoms with Gasteiger partial charge in [0.25, 0.3) is 0 Å². The summed E-state index contributed by atoms with van der Waals surface area (Å²) in [6.07, 6.45) is 4.55. The first-order chi connectivity index (χ1) is 5.81. The lowest BCUT2D eigenvalue weighted by Crippen LogP contribution is -1.92. The SMILES string of the molecule is N#Cc1cnc2c(N)cnn2c1. The summed E-state index contributed by atoms with van der Waals surface area (Å²) >= 11 is 0. The molecule has 0 aromatic carbocycles. The number of nitrogen functional groups attached to an aromatic ring is 1. The molecule has 0 aliphatic rings. The molecule has 0 aliphatic heterocycles. The van der Waals surface area contributed by atoms with Gasteiger partial charge in [-0.05, 0) is 0 Å². The van der Waals surface area contributed by atoms with Crippen LogP contribution < -0.4 is 5.73 Å². The van der Waals surface area contributed by atoms with Crippen LogP contribution in [0, 0.1) is 11.3 Å². The second-order valence-electron chi connectivity index (χ2n) is 2.32. The Morgan fingerprint density at radius 1 is 1.50 bits per heavy atom. The molecule has 58 valence electrons. The maximum atomic E-state index is 8.54. The van der Waals surface area contributed by atoms with Gasteiger partial charge < -0.3 is 5.73 Å². The van der Waals surface area contributed by atoms with E-state index in [1.54, 1.807) is 6.20 Å². The Balaban J connectivity index is 2.80. The molecule has 5 heteroatoms. The van der Waals surface area contributed by atoms with E-state index < -0.39 is 0 Å². The molecule has 0 radical (unpaired) electrons. The number of aromatic nitrogens is 3. The number of rotatable bonds is 0. The van der Waals surface area contributed by atoms with Gasteiger partial charge in [0.05, 0.1) is 23.6 Å². The van der Waals surface area contributed by atoms with Crippen LogP contribution in [-0.4, -0.2) is 14.6 Å². The molecule has 0 saturated carbocycles. The van der Waals surface area contributed by atoms with Gasteiger partial charge in [-0.1, -0.05) is 0 Å².